The van der Waals surface area contributed by atoms with Gasteiger partial charge in [-0.25, -0.2) is 9.37 Å². The third-order valence-electron chi connectivity index (χ3n) is 4.19. The molecule has 0 aliphatic carbocycles. The Morgan fingerprint density at radius 2 is 1.82 bits per heavy atom. The molecule has 1 aromatic heterocycles. The summed E-state index contributed by atoms with van der Waals surface area (Å²) in [6.07, 6.45) is 0. The molecule has 7 heteroatoms. The molecule has 4 nitrogen and oxygen atoms in total. The quantitative estimate of drug-likeness (QED) is 0.447. The average molecular weight is 411 g/mol. The number of carbonyl (C=O) groups is 2. The number of ketones is 1. The van der Waals surface area contributed by atoms with E-state index in [0.717, 1.165) is 10.2 Å². The van der Waals surface area contributed by atoms with Crippen LogP contribution in [0.15, 0.2) is 66.2 Å². The van der Waals surface area contributed by atoms with Crippen molar-refractivity contribution in [1.29, 1.82) is 0 Å². The van der Waals surface area contributed by atoms with E-state index >= 15 is 0 Å². The SMILES string of the molecule is O=C(Nc1ccc(Cl)cc1C(=O)c1ccccc1F)c1ccc2ncsc2c1. The normalized spacial score (nSPS) is 10.8. The maximum Gasteiger partial charge on any atom is 0.255 e. The van der Waals surface area contributed by atoms with Crippen LogP contribution in [0.5, 0.6) is 0 Å². The first-order valence-corrected chi connectivity index (χ1v) is 9.52. The van der Waals surface area contributed by atoms with E-state index in [-0.39, 0.29) is 22.7 Å². The van der Waals surface area contributed by atoms with Crippen molar-refractivity contribution in [2.45, 2.75) is 0 Å². The van der Waals surface area contributed by atoms with Crippen LogP contribution in [0.25, 0.3) is 10.2 Å². The molecule has 4 rings (SSSR count). The molecular weight excluding hydrogens is 399 g/mol. The maximum absolute atomic E-state index is 14.1. The Balaban J connectivity index is 1.69. The minimum Gasteiger partial charge on any atom is -0.321 e. The maximum atomic E-state index is 14.1. The van der Waals surface area contributed by atoms with Gasteiger partial charge >= 0.3 is 0 Å². The summed E-state index contributed by atoms with van der Waals surface area (Å²) in [5, 5.41) is 3.03. The van der Waals surface area contributed by atoms with Gasteiger partial charge in [0.25, 0.3) is 5.91 Å². The Labute approximate surface area is 168 Å². The molecule has 28 heavy (non-hydrogen) atoms. The number of carbonyl (C=O) groups excluding carboxylic acids is 2. The Bertz CT molecular complexity index is 1220. The van der Waals surface area contributed by atoms with Gasteiger partial charge in [-0.3, -0.25) is 9.59 Å². The molecule has 1 amide bonds. The van der Waals surface area contributed by atoms with Gasteiger partial charge in [0.2, 0.25) is 0 Å². The molecule has 1 N–H and O–H groups in total. The van der Waals surface area contributed by atoms with Crippen molar-refractivity contribution in [1.82, 2.24) is 4.98 Å². The number of benzene rings is 3. The number of amides is 1. The van der Waals surface area contributed by atoms with Gasteiger partial charge in [0, 0.05) is 16.1 Å². The van der Waals surface area contributed by atoms with Crippen molar-refractivity contribution in [2.75, 3.05) is 5.32 Å². The smallest absolute Gasteiger partial charge is 0.255 e. The third kappa shape index (κ3) is 3.52. The van der Waals surface area contributed by atoms with Crippen molar-refractivity contribution in [3.63, 3.8) is 0 Å². The number of thiazole rings is 1. The van der Waals surface area contributed by atoms with Gasteiger partial charge in [0.1, 0.15) is 5.82 Å². The second kappa shape index (κ2) is 7.50. The highest BCUT2D eigenvalue weighted by molar-refractivity contribution is 7.16. The molecule has 0 radical (unpaired) electrons. The Kier molecular flexibility index (Phi) is 4.90. The van der Waals surface area contributed by atoms with E-state index in [2.05, 4.69) is 10.3 Å². The summed E-state index contributed by atoms with van der Waals surface area (Å²) in [6, 6.07) is 15.3. The minimum atomic E-state index is -0.639. The van der Waals surface area contributed by atoms with Gasteiger partial charge in [-0.2, -0.15) is 0 Å². The van der Waals surface area contributed by atoms with Crippen molar-refractivity contribution in [3.8, 4) is 0 Å². The number of hydrogen-bond donors (Lipinski definition) is 1. The zero-order chi connectivity index (χ0) is 19.7. The molecule has 4 aromatic rings. The van der Waals surface area contributed by atoms with E-state index < -0.39 is 11.6 Å². The van der Waals surface area contributed by atoms with Gasteiger partial charge in [-0.05, 0) is 48.5 Å². The Hall–Kier alpha value is -3.09. The number of hydrogen-bond acceptors (Lipinski definition) is 4. The number of halogens is 2. The fraction of sp³-hybridized carbons (Fsp3) is 0. The number of anilines is 1. The summed E-state index contributed by atoms with van der Waals surface area (Å²) in [7, 11) is 0. The van der Waals surface area contributed by atoms with Crippen LogP contribution >= 0.6 is 22.9 Å². The second-order valence-electron chi connectivity index (χ2n) is 5.99. The summed E-state index contributed by atoms with van der Waals surface area (Å²) >= 11 is 7.46. The van der Waals surface area contributed by atoms with E-state index in [0.29, 0.717) is 10.6 Å². The Morgan fingerprint density at radius 1 is 1.00 bits per heavy atom. The highest BCUT2D eigenvalue weighted by atomic mass is 35.5. The van der Waals surface area contributed by atoms with E-state index in [9.17, 15) is 14.0 Å². The molecule has 0 saturated heterocycles. The minimum absolute atomic E-state index is 0.0913. The fourth-order valence-electron chi connectivity index (χ4n) is 2.79. The van der Waals surface area contributed by atoms with E-state index in [1.54, 1.807) is 35.8 Å². The molecule has 3 aromatic carbocycles. The molecule has 0 unspecified atom stereocenters. The van der Waals surface area contributed by atoms with Gasteiger partial charge < -0.3 is 5.32 Å². The lowest BCUT2D eigenvalue weighted by atomic mass is 10.0. The van der Waals surface area contributed by atoms with Crippen LogP contribution in [0.1, 0.15) is 26.3 Å². The van der Waals surface area contributed by atoms with Crippen molar-refractivity contribution in [2.24, 2.45) is 0 Å². The first-order chi connectivity index (χ1) is 13.5. The van der Waals surface area contributed by atoms with Crippen LogP contribution < -0.4 is 5.32 Å². The number of fused-ring (bicyclic) bond motifs is 1. The molecule has 0 bridgehead atoms. The second-order valence-corrected chi connectivity index (χ2v) is 7.31. The first kappa shape index (κ1) is 18.3. The summed E-state index contributed by atoms with van der Waals surface area (Å²) in [5.41, 5.74) is 3.22. The van der Waals surface area contributed by atoms with Crippen LogP contribution in [0.3, 0.4) is 0 Å². The standard InChI is InChI=1S/C21H12ClFN2O2S/c22-13-6-8-17(15(10-13)20(26)14-3-1-2-4-16(14)23)25-21(27)12-5-7-18-19(9-12)28-11-24-18/h1-11H,(H,25,27). The topological polar surface area (TPSA) is 59.1 Å². The molecule has 138 valence electrons. The fourth-order valence-corrected chi connectivity index (χ4v) is 3.68. The molecular formula is C21H12ClFN2O2S. The van der Waals surface area contributed by atoms with Crippen molar-refractivity contribution < 1.29 is 14.0 Å². The van der Waals surface area contributed by atoms with E-state index in [4.69, 9.17) is 11.6 Å². The van der Waals surface area contributed by atoms with E-state index in [1.165, 1.54) is 41.7 Å². The number of rotatable bonds is 4. The van der Waals surface area contributed by atoms with Gasteiger partial charge in [-0.15, -0.1) is 11.3 Å². The van der Waals surface area contributed by atoms with Crippen LogP contribution in [-0.2, 0) is 0 Å². The largest absolute Gasteiger partial charge is 0.321 e. The van der Waals surface area contributed by atoms with Gasteiger partial charge in [0.15, 0.2) is 5.78 Å². The highest BCUT2D eigenvalue weighted by Gasteiger charge is 2.19. The summed E-state index contributed by atoms with van der Waals surface area (Å²) < 4.78 is 14.9. The zero-order valence-corrected chi connectivity index (χ0v) is 15.9. The monoisotopic (exact) mass is 410 g/mol. The van der Waals surface area contributed by atoms with Crippen LogP contribution in [0.2, 0.25) is 5.02 Å². The van der Waals surface area contributed by atoms with Crippen LogP contribution in [0.4, 0.5) is 10.1 Å². The summed E-state index contributed by atoms with van der Waals surface area (Å²) in [5.74, 6) is -1.59. The lowest BCUT2D eigenvalue weighted by Crippen LogP contribution is -2.15. The lowest BCUT2D eigenvalue weighted by Gasteiger charge is -2.12. The van der Waals surface area contributed by atoms with Crippen LogP contribution in [0, 0.1) is 5.82 Å². The van der Waals surface area contributed by atoms with Gasteiger partial charge in [-0.1, -0.05) is 23.7 Å². The van der Waals surface area contributed by atoms with E-state index in [1.807, 2.05) is 0 Å². The molecule has 0 spiro atoms. The first-order valence-electron chi connectivity index (χ1n) is 8.26. The molecule has 0 atom stereocenters. The van der Waals surface area contributed by atoms with Crippen LogP contribution in [-0.4, -0.2) is 16.7 Å². The summed E-state index contributed by atoms with van der Waals surface area (Å²) in [4.78, 5) is 29.7. The predicted octanol–water partition coefficient (Wildman–Crippen LogP) is 5.57. The van der Waals surface area contributed by atoms with Crippen molar-refractivity contribution >= 4 is 50.5 Å². The number of nitrogens with zero attached hydrogens (tertiary/aromatic N) is 1. The lowest BCUT2D eigenvalue weighted by molar-refractivity contribution is 0.102. The van der Waals surface area contributed by atoms with Gasteiger partial charge in [0.05, 0.1) is 27.0 Å². The zero-order valence-electron chi connectivity index (χ0n) is 14.3. The predicted molar refractivity (Wildman–Crippen MR) is 109 cm³/mol. The molecule has 0 aliphatic rings. The van der Waals surface area contributed by atoms with Crippen molar-refractivity contribution in [3.05, 3.63) is 93.7 Å². The molecule has 1 heterocycles. The molecule has 0 saturated carbocycles. The average Bonchev–Trinajstić information content (AvgIpc) is 3.17. The number of aromatic nitrogens is 1. The number of nitrogens with one attached hydrogen (secondary N) is 1. The highest BCUT2D eigenvalue weighted by Crippen LogP contribution is 2.26. The molecule has 0 aliphatic heterocycles. The summed E-state index contributed by atoms with van der Waals surface area (Å²) in [6.45, 7) is 0. The third-order valence-corrected chi connectivity index (χ3v) is 5.21. The molecule has 0 fully saturated rings. The Morgan fingerprint density at radius 3 is 2.64 bits per heavy atom.